The molecule has 3 N–H and O–H groups in total. The van der Waals surface area contributed by atoms with Crippen LogP contribution in [0.3, 0.4) is 0 Å². The van der Waals surface area contributed by atoms with Gasteiger partial charge in [0.25, 0.3) is 5.91 Å². The van der Waals surface area contributed by atoms with Gasteiger partial charge in [0, 0.05) is 18.2 Å². The van der Waals surface area contributed by atoms with Crippen LogP contribution in [0, 0.1) is 18.7 Å². The molecule has 0 saturated carbocycles. The predicted molar refractivity (Wildman–Crippen MR) is 66.3 cm³/mol. The van der Waals surface area contributed by atoms with Gasteiger partial charge < -0.3 is 11.1 Å². The standard InChI is InChI=1S/C13H19FN2O/c1-8(2)12(7-15)16-13(17)10-5-4-9(3)11(14)6-10/h4-6,8,12H,7,15H2,1-3H3,(H,16,17). The van der Waals surface area contributed by atoms with E-state index in [2.05, 4.69) is 5.32 Å². The summed E-state index contributed by atoms with van der Waals surface area (Å²) in [6.45, 7) is 5.99. The van der Waals surface area contributed by atoms with Crippen molar-refractivity contribution < 1.29 is 9.18 Å². The second kappa shape index (κ2) is 5.77. The predicted octanol–water partition coefficient (Wildman–Crippen LogP) is 1.85. The number of nitrogens with one attached hydrogen (secondary N) is 1. The fraction of sp³-hybridized carbons (Fsp3) is 0.462. The van der Waals surface area contributed by atoms with E-state index < -0.39 is 0 Å². The first-order valence-electron chi connectivity index (χ1n) is 5.72. The van der Waals surface area contributed by atoms with Crippen LogP contribution in [0.4, 0.5) is 4.39 Å². The molecule has 0 fully saturated rings. The number of aryl methyl sites for hydroxylation is 1. The van der Waals surface area contributed by atoms with Crippen LogP contribution >= 0.6 is 0 Å². The minimum atomic E-state index is -0.369. The van der Waals surface area contributed by atoms with Crippen LogP contribution in [-0.2, 0) is 0 Å². The molecular formula is C13H19FN2O. The number of halogens is 1. The van der Waals surface area contributed by atoms with Crippen molar-refractivity contribution in [2.45, 2.75) is 26.8 Å². The molecule has 0 aliphatic heterocycles. The zero-order valence-corrected chi connectivity index (χ0v) is 10.5. The zero-order valence-electron chi connectivity index (χ0n) is 10.5. The van der Waals surface area contributed by atoms with E-state index in [0.717, 1.165) is 0 Å². The van der Waals surface area contributed by atoms with E-state index >= 15 is 0 Å². The van der Waals surface area contributed by atoms with Gasteiger partial charge in [0.15, 0.2) is 0 Å². The number of carbonyl (C=O) groups is 1. The molecular weight excluding hydrogens is 219 g/mol. The van der Waals surface area contributed by atoms with E-state index in [4.69, 9.17) is 5.73 Å². The number of amides is 1. The van der Waals surface area contributed by atoms with E-state index in [1.165, 1.54) is 6.07 Å². The number of carbonyl (C=O) groups excluding carboxylic acids is 1. The smallest absolute Gasteiger partial charge is 0.251 e. The van der Waals surface area contributed by atoms with Crippen molar-refractivity contribution in [1.82, 2.24) is 5.32 Å². The van der Waals surface area contributed by atoms with E-state index in [1.807, 2.05) is 13.8 Å². The summed E-state index contributed by atoms with van der Waals surface area (Å²) in [5, 5.41) is 2.80. The SMILES string of the molecule is Cc1ccc(C(=O)NC(CN)C(C)C)cc1F. The molecule has 0 heterocycles. The maximum absolute atomic E-state index is 13.3. The molecule has 1 aromatic carbocycles. The Labute approximate surface area is 101 Å². The molecule has 0 bridgehead atoms. The molecule has 1 unspecified atom stereocenters. The van der Waals surface area contributed by atoms with Gasteiger partial charge in [-0.25, -0.2) is 4.39 Å². The molecule has 1 atom stereocenters. The van der Waals surface area contributed by atoms with Crippen molar-refractivity contribution in [3.63, 3.8) is 0 Å². The third-order valence-electron chi connectivity index (χ3n) is 2.81. The summed E-state index contributed by atoms with van der Waals surface area (Å²) >= 11 is 0. The molecule has 17 heavy (non-hydrogen) atoms. The van der Waals surface area contributed by atoms with E-state index in [0.29, 0.717) is 17.7 Å². The molecule has 1 rings (SSSR count). The van der Waals surface area contributed by atoms with E-state index in [1.54, 1.807) is 19.1 Å². The van der Waals surface area contributed by atoms with Crippen molar-refractivity contribution in [3.8, 4) is 0 Å². The lowest BCUT2D eigenvalue weighted by atomic mass is 10.0. The normalized spacial score (nSPS) is 12.6. The molecule has 94 valence electrons. The zero-order chi connectivity index (χ0) is 13.0. The lowest BCUT2D eigenvalue weighted by Crippen LogP contribution is -2.43. The number of rotatable bonds is 4. The van der Waals surface area contributed by atoms with Crippen molar-refractivity contribution in [2.75, 3.05) is 6.54 Å². The minimum Gasteiger partial charge on any atom is -0.348 e. The third kappa shape index (κ3) is 3.53. The van der Waals surface area contributed by atoms with E-state index in [9.17, 15) is 9.18 Å². The first-order chi connectivity index (χ1) is 7.95. The van der Waals surface area contributed by atoms with Gasteiger partial charge in [-0.2, -0.15) is 0 Å². The Balaban J connectivity index is 2.79. The maximum atomic E-state index is 13.3. The Morgan fingerprint density at radius 2 is 2.12 bits per heavy atom. The Hall–Kier alpha value is -1.42. The highest BCUT2D eigenvalue weighted by atomic mass is 19.1. The summed E-state index contributed by atoms with van der Waals surface area (Å²) in [7, 11) is 0. The monoisotopic (exact) mass is 238 g/mol. The first kappa shape index (κ1) is 13.6. The molecule has 0 aliphatic carbocycles. The van der Waals surface area contributed by atoms with Crippen LogP contribution in [-0.4, -0.2) is 18.5 Å². The number of nitrogens with two attached hydrogens (primary N) is 1. The average Bonchev–Trinajstić information content (AvgIpc) is 2.28. The highest BCUT2D eigenvalue weighted by molar-refractivity contribution is 5.94. The highest BCUT2D eigenvalue weighted by Gasteiger charge is 2.16. The molecule has 4 heteroatoms. The second-order valence-electron chi connectivity index (χ2n) is 4.52. The molecule has 0 spiro atoms. The molecule has 0 saturated heterocycles. The van der Waals surface area contributed by atoms with Crippen LogP contribution in [0.25, 0.3) is 0 Å². The van der Waals surface area contributed by atoms with Crippen LogP contribution in [0.1, 0.15) is 29.8 Å². The largest absolute Gasteiger partial charge is 0.348 e. The summed E-state index contributed by atoms with van der Waals surface area (Å²) in [6, 6.07) is 4.36. The lowest BCUT2D eigenvalue weighted by Gasteiger charge is -2.20. The number of hydrogen-bond acceptors (Lipinski definition) is 2. The molecule has 0 aliphatic rings. The summed E-state index contributed by atoms with van der Waals surface area (Å²) in [5.74, 6) is -0.404. The van der Waals surface area contributed by atoms with Crippen molar-refractivity contribution in [3.05, 3.63) is 35.1 Å². The van der Waals surface area contributed by atoms with Gasteiger partial charge in [0.2, 0.25) is 0 Å². The average molecular weight is 238 g/mol. The van der Waals surface area contributed by atoms with Gasteiger partial charge in [-0.3, -0.25) is 4.79 Å². The Morgan fingerprint density at radius 3 is 2.59 bits per heavy atom. The van der Waals surface area contributed by atoms with Gasteiger partial charge in [-0.05, 0) is 30.5 Å². The highest BCUT2D eigenvalue weighted by Crippen LogP contribution is 2.10. The topological polar surface area (TPSA) is 55.1 Å². The van der Waals surface area contributed by atoms with Gasteiger partial charge in [-0.15, -0.1) is 0 Å². The summed E-state index contributed by atoms with van der Waals surface area (Å²) in [5.41, 5.74) is 6.42. The van der Waals surface area contributed by atoms with Crippen molar-refractivity contribution >= 4 is 5.91 Å². The summed E-state index contributed by atoms with van der Waals surface area (Å²) < 4.78 is 13.3. The second-order valence-corrected chi connectivity index (χ2v) is 4.52. The number of benzene rings is 1. The fourth-order valence-electron chi connectivity index (χ4n) is 1.48. The van der Waals surface area contributed by atoms with Crippen LogP contribution in [0.5, 0.6) is 0 Å². The molecule has 0 aromatic heterocycles. The van der Waals surface area contributed by atoms with Gasteiger partial charge in [0.05, 0.1) is 0 Å². The van der Waals surface area contributed by atoms with Crippen LogP contribution in [0.2, 0.25) is 0 Å². The van der Waals surface area contributed by atoms with Gasteiger partial charge >= 0.3 is 0 Å². The fourth-order valence-corrected chi connectivity index (χ4v) is 1.48. The first-order valence-corrected chi connectivity index (χ1v) is 5.72. The van der Waals surface area contributed by atoms with E-state index in [-0.39, 0.29) is 23.7 Å². The third-order valence-corrected chi connectivity index (χ3v) is 2.81. The maximum Gasteiger partial charge on any atom is 0.251 e. The van der Waals surface area contributed by atoms with Crippen LogP contribution in [0.15, 0.2) is 18.2 Å². The molecule has 1 amide bonds. The molecule has 3 nitrogen and oxygen atoms in total. The molecule has 1 aromatic rings. The van der Waals surface area contributed by atoms with Gasteiger partial charge in [0.1, 0.15) is 5.82 Å². The van der Waals surface area contributed by atoms with Crippen molar-refractivity contribution in [1.29, 1.82) is 0 Å². The quantitative estimate of drug-likeness (QED) is 0.841. The Morgan fingerprint density at radius 1 is 1.47 bits per heavy atom. The molecule has 0 radical (unpaired) electrons. The Kier molecular flexibility index (Phi) is 4.63. The van der Waals surface area contributed by atoms with Crippen LogP contribution < -0.4 is 11.1 Å². The number of hydrogen-bond donors (Lipinski definition) is 2. The lowest BCUT2D eigenvalue weighted by molar-refractivity contribution is 0.0927. The minimum absolute atomic E-state index is 0.0909. The summed E-state index contributed by atoms with van der Waals surface area (Å²) in [6.07, 6.45) is 0. The van der Waals surface area contributed by atoms with Gasteiger partial charge in [-0.1, -0.05) is 19.9 Å². The van der Waals surface area contributed by atoms with Crippen molar-refractivity contribution in [2.24, 2.45) is 11.7 Å². The summed E-state index contributed by atoms with van der Waals surface area (Å²) in [4.78, 5) is 11.8. The Bertz CT molecular complexity index is 404.